The number of carboxylic acid groups (broad SMARTS) is 1. The Balaban J connectivity index is 1.96. The lowest BCUT2D eigenvalue weighted by atomic mass is 9.84. The van der Waals surface area contributed by atoms with Crippen molar-refractivity contribution in [2.75, 3.05) is 6.54 Å². The maximum Gasteiger partial charge on any atom is 0.326 e. The molecular formula is C21H35N5O5. The number of hydrogen-bond acceptors (Lipinski definition) is 6. The quantitative estimate of drug-likeness (QED) is 0.312. The van der Waals surface area contributed by atoms with Gasteiger partial charge in [-0.25, -0.2) is 9.59 Å². The number of aryl methyl sites for hydroxylation is 1. The van der Waals surface area contributed by atoms with Gasteiger partial charge in [-0.15, -0.1) is 0 Å². The lowest BCUT2D eigenvalue weighted by molar-refractivity contribution is -0.139. The average Bonchev–Trinajstić information content (AvgIpc) is 3.16. The Morgan fingerprint density at radius 3 is 2.52 bits per heavy atom. The van der Waals surface area contributed by atoms with E-state index in [0.717, 1.165) is 31.4 Å². The van der Waals surface area contributed by atoms with E-state index in [1.54, 1.807) is 13.0 Å². The summed E-state index contributed by atoms with van der Waals surface area (Å²) >= 11 is 0. The number of urea groups is 1. The number of carboxylic acids is 1. The number of hydrogen-bond donors (Lipinski definition) is 5. The number of nitrogens with two attached hydrogens (primary N) is 1. The van der Waals surface area contributed by atoms with Gasteiger partial charge in [-0.3, -0.25) is 4.79 Å². The molecular weight excluding hydrogens is 402 g/mol. The SMILES string of the molecule is Cc1cc(CNC(=O)[C@@H](CC2CCCCC2)NC(=O)N[C@@H](CCCCN)C(=O)O)on1. The molecule has 174 valence electrons. The molecule has 0 bridgehead atoms. The van der Waals surface area contributed by atoms with E-state index in [0.29, 0.717) is 37.5 Å². The zero-order chi connectivity index (χ0) is 22.6. The molecule has 3 amide bonds. The molecule has 0 saturated heterocycles. The number of nitrogens with one attached hydrogen (secondary N) is 3. The van der Waals surface area contributed by atoms with Crippen LogP contribution in [0, 0.1) is 12.8 Å². The summed E-state index contributed by atoms with van der Waals surface area (Å²) in [5.74, 6) is -0.569. The van der Waals surface area contributed by atoms with Gasteiger partial charge in [0.15, 0.2) is 5.76 Å². The van der Waals surface area contributed by atoms with E-state index >= 15 is 0 Å². The monoisotopic (exact) mass is 437 g/mol. The second kappa shape index (κ2) is 12.9. The van der Waals surface area contributed by atoms with Gasteiger partial charge in [-0.1, -0.05) is 37.3 Å². The lowest BCUT2D eigenvalue weighted by Gasteiger charge is -2.27. The van der Waals surface area contributed by atoms with Gasteiger partial charge in [0.2, 0.25) is 5.91 Å². The zero-order valence-corrected chi connectivity index (χ0v) is 18.2. The molecule has 2 atom stereocenters. The molecule has 1 aromatic rings. The number of aliphatic carboxylic acids is 1. The zero-order valence-electron chi connectivity index (χ0n) is 18.2. The minimum atomic E-state index is -1.11. The van der Waals surface area contributed by atoms with Crippen molar-refractivity contribution in [2.45, 2.75) is 83.3 Å². The van der Waals surface area contributed by atoms with Gasteiger partial charge < -0.3 is 31.3 Å². The second-order valence-corrected chi connectivity index (χ2v) is 8.24. The Labute approximate surface area is 182 Å². The molecule has 10 nitrogen and oxygen atoms in total. The standard InChI is InChI=1S/C21H35N5O5/c1-14-11-16(31-26-14)13-23-19(27)18(12-15-7-3-2-4-8-15)25-21(30)24-17(20(28)29)9-5-6-10-22/h11,15,17-18H,2-10,12-13,22H2,1H3,(H,23,27)(H,28,29)(H2,24,25,30)/t17-,18+/m0/s1. The summed E-state index contributed by atoms with van der Waals surface area (Å²) in [6, 6.07) is -0.714. The van der Waals surface area contributed by atoms with Crippen LogP contribution in [0.3, 0.4) is 0 Å². The molecule has 10 heteroatoms. The van der Waals surface area contributed by atoms with Gasteiger partial charge in [0.05, 0.1) is 12.2 Å². The minimum Gasteiger partial charge on any atom is -0.480 e. The molecule has 0 spiro atoms. The van der Waals surface area contributed by atoms with Gasteiger partial charge in [-0.05, 0) is 45.1 Å². The first-order chi connectivity index (χ1) is 14.9. The molecule has 1 aliphatic carbocycles. The van der Waals surface area contributed by atoms with E-state index in [9.17, 15) is 19.5 Å². The van der Waals surface area contributed by atoms with Crippen molar-refractivity contribution in [1.82, 2.24) is 21.1 Å². The molecule has 1 saturated carbocycles. The molecule has 1 fully saturated rings. The van der Waals surface area contributed by atoms with Gasteiger partial charge >= 0.3 is 12.0 Å². The van der Waals surface area contributed by atoms with Crippen LogP contribution in [0.4, 0.5) is 4.79 Å². The van der Waals surface area contributed by atoms with Gasteiger partial charge in [-0.2, -0.15) is 0 Å². The first-order valence-electron chi connectivity index (χ1n) is 11.1. The van der Waals surface area contributed by atoms with Crippen molar-refractivity contribution >= 4 is 17.9 Å². The Hall–Kier alpha value is -2.62. The fraction of sp³-hybridized carbons (Fsp3) is 0.714. The van der Waals surface area contributed by atoms with E-state index in [1.165, 1.54) is 6.42 Å². The molecule has 6 N–H and O–H groups in total. The highest BCUT2D eigenvalue weighted by molar-refractivity contribution is 5.88. The number of nitrogens with zero attached hydrogens (tertiary/aromatic N) is 1. The third-order valence-corrected chi connectivity index (χ3v) is 5.58. The summed E-state index contributed by atoms with van der Waals surface area (Å²) in [6.45, 7) is 2.42. The normalized spacial score (nSPS) is 16.3. The van der Waals surface area contributed by atoms with Crippen LogP contribution < -0.4 is 21.7 Å². The van der Waals surface area contributed by atoms with Crippen LogP contribution in [0.5, 0.6) is 0 Å². The molecule has 1 aromatic heterocycles. The summed E-state index contributed by atoms with van der Waals surface area (Å²) in [4.78, 5) is 36.8. The number of amides is 3. The number of carbonyl (C=O) groups is 3. The third-order valence-electron chi connectivity index (χ3n) is 5.58. The summed E-state index contributed by atoms with van der Waals surface area (Å²) in [7, 11) is 0. The highest BCUT2D eigenvalue weighted by Crippen LogP contribution is 2.27. The minimum absolute atomic E-state index is 0.168. The molecule has 0 aliphatic heterocycles. The highest BCUT2D eigenvalue weighted by Gasteiger charge is 2.28. The first-order valence-corrected chi connectivity index (χ1v) is 11.1. The van der Waals surface area contributed by atoms with Crippen LogP contribution in [-0.4, -0.2) is 46.8 Å². The van der Waals surface area contributed by atoms with Crippen molar-refractivity contribution in [3.63, 3.8) is 0 Å². The average molecular weight is 438 g/mol. The van der Waals surface area contributed by atoms with E-state index in [-0.39, 0.29) is 18.9 Å². The lowest BCUT2D eigenvalue weighted by Crippen LogP contribution is -2.53. The summed E-state index contributed by atoms with van der Waals surface area (Å²) < 4.78 is 5.11. The Morgan fingerprint density at radius 1 is 1.19 bits per heavy atom. The molecule has 0 aromatic carbocycles. The molecule has 0 radical (unpaired) electrons. The molecule has 31 heavy (non-hydrogen) atoms. The summed E-state index contributed by atoms with van der Waals surface area (Å²) in [5, 5.41) is 21.1. The fourth-order valence-corrected chi connectivity index (χ4v) is 3.89. The smallest absolute Gasteiger partial charge is 0.326 e. The van der Waals surface area contributed by atoms with Crippen molar-refractivity contribution in [3.8, 4) is 0 Å². The second-order valence-electron chi connectivity index (χ2n) is 8.24. The Bertz CT molecular complexity index is 717. The topological polar surface area (TPSA) is 160 Å². The first kappa shape index (κ1) is 24.6. The Morgan fingerprint density at radius 2 is 1.90 bits per heavy atom. The fourth-order valence-electron chi connectivity index (χ4n) is 3.89. The van der Waals surface area contributed by atoms with E-state index < -0.39 is 24.1 Å². The van der Waals surface area contributed by atoms with E-state index in [1.807, 2.05) is 0 Å². The van der Waals surface area contributed by atoms with Crippen molar-refractivity contribution in [1.29, 1.82) is 0 Å². The predicted molar refractivity (Wildman–Crippen MR) is 114 cm³/mol. The van der Waals surface area contributed by atoms with Crippen LogP contribution in [0.25, 0.3) is 0 Å². The molecule has 1 heterocycles. The van der Waals surface area contributed by atoms with Gasteiger partial charge in [0.25, 0.3) is 0 Å². The number of carbonyl (C=O) groups excluding carboxylic acids is 2. The van der Waals surface area contributed by atoms with Crippen LogP contribution >= 0.6 is 0 Å². The molecule has 1 aliphatic rings. The molecule has 2 rings (SSSR count). The van der Waals surface area contributed by atoms with Crippen LogP contribution in [0.2, 0.25) is 0 Å². The van der Waals surface area contributed by atoms with E-state index in [2.05, 4.69) is 21.1 Å². The number of aromatic nitrogens is 1. The third kappa shape index (κ3) is 8.95. The highest BCUT2D eigenvalue weighted by atomic mass is 16.5. The summed E-state index contributed by atoms with van der Waals surface area (Å²) in [6.07, 6.45) is 7.53. The predicted octanol–water partition coefficient (Wildman–Crippen LogP) is 1.82. The van der Waals surface area contributed by atoms with Crippen LogP contribution in [0.1, 0.15) is 69.2 Å². The van der Waals surface area contributed by atoms with Crippen molar-refractivity contribution < 1.29 is 24.0 Å². The maximum absolute atomic E-state index is 12.8. The number of rotatable bonds is 12. The van der Waals surface area contributed by atoms with Gasteiger partial charge in [0, 0.05) is 6.07 Å². The summed E-state index contributed by atoms with van der Waals surface area (Å²) in [5.41, 5.74) is 6.17. The van der Waals surface area contributed by atoms with Crippen LogP contribution in [0.15, 0.2) is 10.6 Å². The van der Waals surface area contributed by atoms with Gasteiger partial charge in [0.1, 0.15) is 12.1 Å². The molecule has 0 unspecified atom stereocenters. The largest absolute Gasteiger partial charge is 0.480 e. The Kier molecular flexibility index (Phi) is 10.3. The maximum atomic E-state index is 12.8. The van der Waals surface area contributed by atoms with Crippen molar-refractivity contribution in [2.24, 2.45) is 11.7 Å². The van der Waals surface area contributed by atoms with Crippen LogP contribution in [-0.2, 0) is 16.1 Å². The van der Waals surface area contributed by atoms with Crippen molar-refractivity contribution in [3.05, 3.63) is 17.5 Å². The van der Waals surface area contributed by atoms with E-state index in [4.69, 9.17) is 10.3 Å². The number of unbranched alkanes of at least 4 members (excludes halogenated alkanes) is 1.